The third kappa shape index (κ3) is 3.85. The molecule has 1 fully saturated rings. The van der Waals surface area contributed by atoms with E-state index in [0.29, 0.717) is 0 Å². The summed E-state index contributed by atoms with van der Waals surface area (Å²) in [4.78, 5) is 3.87. The van der Waals surface area contributed by atoms with Crippen LogP contribution in [0.3, 0.4) is 0 Å². The van der Waals surface area contributed by atoms with Crippen molar-refractivity contribution in [1.29, 1.82) is 0 Å². The molecule has 1 aliphatic rings. The Morgan fingerprint density at radius 3 is 2.70 bits per heavy atom. The number of anilines is 1. The quantitative estimate of drug-likeness (QED) is 0.563. The van der Waals surface area contributed by atoms with Crippen molar-refractivity contribution < 1.29 is 20.1 Å². The van der Waals surface area contributed by atoms with Crippen molar-refractivity contribution in [3.8, 4) is 5.75 Å². The van der Waals surface area contributed by atoms with Gasteiger partial charge in [0, 0.05) is 0 Å². The predicted molar refractivity (Wildman–Crippen MR) is 79.5 cm³/mol. The first kappa shape index (κ1) is 15.1. The summed E-state index contributed by atoms with van der Waals surface area (Å²) in [5.41, 5.74) is 1.18. The first-order valence-electron chi connectivity index (χ1n) is 7.42. The van der Waals surface area contributed by atoms with Crippen molar-refractivity contribution in [2.45, 2.75) is 6.10 Å². The summed E-state index contributed by atoms with van der Waals surface area (Å²) in [6, 6.07) is 8.18. The number of benzene rings is 1. The lowest BCUT2D eigenvalue weighted by atomic mass is 10.2. The number of nitrogens with two attached hydrogens (primary N) is 1. The van der Waals surface area contributed by atoms with Crippen LogP contribution in [0, 0.1) is 0 Å². The molecule has 0 aromatic heterocycles. The Labute approximate surface area is 121 Å². The minimum Gasteiger partial charge on any atom is -0.495 e. The number of piperazine rings is 1. The van der Waals surface area contributed by atoms with Gasteiger partial charge in [-0.1, -0.05) is 12.1 Å². The number of rotatable bonds is 6. The maximum Gasteiger partial charge on any atom is 0.151 e. The molecule has 1 heterocycles. The number of para-hydroxylation sites is 2. The average molecular weight is 281 g/mol. The molecule has 1 aromatic rings. The molecular formula is C15H27N3O2+2. The van der Waals surface area contributed by atoms with E-state index in [0.717, 1.165) is 45.0 Å². The summed E-state index contributed by atoms with van der Waals surface area (Å²) in [6.45, 7) is 5.80. The summed E-state index contributed by atoms with van der Waals surface area (Å²) in [5.74, 6) is 0.941. The molecule has 1 saturated heterocycles. The highest BCUT2D eigenvalue weighted by molar-refractivity contribution is 5.58. The lowest BCUT2D eigenvalue weighted by molar-refractivity contribution is -0.905. The molecule has 2 rings (SSSR count). The van der Waals surface area contributed by atoms with E-state index in [1.54, 1.807) is 7.11 Å². The lowest BCUT2D eigenvalue weighted by Crippen LogP contribution is -3.16. The van der Waals surface area contributed by atoms with Crippen LogP contribution in [-0.4, -0.2) is 64.6 Å². The molecule has 1 aliphatic heterocycles. The highest BCUT2D eigenvalue weighted by atomic mass is 16.5. The molecule has 1 aromatic carbocycles. The normalized spacial score (nSPS) is 18.1. The SMILES string of the molecule is C[NH2+]C[C@H](O)C[NH+]1CCN(c2ccccc2OC)CC1. The van der Waals surface area contributed by atoms with Gasteiger partial charge in [-0.2, -0.15) is 0 Å². The van der Waals surface area contributed by atoms with Gasteiger partial charge in [0.25, 0.3) is 0 Å². The molecule has 1 atom stereocenters. The molecule has 5 heteroatoms. The van der Waals surface area contributed by atoms with Crippen molar-refractivity contribution in [1.82, 2.24) is 0 Å². The Hall–Kier alpha value is -1.30. The maximum absolute atomic E-state index is 9.88. The van der Waals surface area contributed by atoms with Gasteiger partial charge < -0.3 is 25.0 Å². The number of quaternary nitrogens is 2. The zero-order valence-corrected chi connectivity index (χ0v) is 12.5. The Balaban J connectivity index is 1.88. The molecule has 0 amide bonds. The highest BCUT2D eigenvalue weighted by Gasteiger charge is 2.24. The molecule has 0 bridgehead atoms. The standard InChI is InChI=1S/C15H25N3O2/c1-16-11-13(19)12-17-7-9-18(10-8-17)14-5-3-4-6-15(14)20-2/h3-6,13,16,19H,7-12H2,1-2H3/p+2/t13-/m0/s1. The van der Waals surface area contributed by atoms with E-state index >= 15 is 0 Å². The van der Waals surface area contributed by atoms with Gasteiger partial charge in [-0.25, -0.2) is 0 Å². The second-order valence-corrected chi connectivity index (χ2v) is 5.41. The van der Waals surface area contributed by atoms with Crippen molar-refractivity contribution in [2.75, 3.05) is 58.3 Å². The summed E-state index contributed by atoms with van der Waals surface area (Å²) in [6.07, 6.45) is -0.201. The summed E-state index contributed by atoms with van der Waals surface area (Å²) in [5, 5.41) is 11.9. The number of hydrogen-bond donors (Lipinski definition) is 3. The summed E-state index contributed by atoms with van der Waals surface area (Å²) in [7, 11) is 3.72. The van der Waals surface area contributed by atoms with E-state index < -0.39 is 0 Å². The van der Waals surface area contributed by atoms with Gasteiger partial charge in [0.05, 0.1) is 46.0 Å². The molecule has 0 saturated carbocycles. The maximum atomic E-state index is 9.88. The van der Waals surface area contributed by atoms with Crippen molar-refractivity contribution in [3.05, 3.63) is 24.3 Å². The van der Waals surface area contributed by atoms with Crippen LogP contribution in [-0.2, 0) is 0 Å². The van der Waals surface area contributed by atoms with Gasteiger partial charge in [-0.3, -0.25) is 0 Å². The molecule has 0 unspecified atom stereocenters. The van der Waals surface area contributed by atoms with E-state index in [1.165, 1.54) is 10.6 Å². The molecule has 0 spiro atoms. The van der Waals surface area contributed by atoms with Gasteiger partial charge in [0.1, 0.15) is 18.8 Å². The Morgan fingerprint density at radius 2 is 2.05 bits per heavy atom. The van der Waals surface area contributed by atoms with Crippen molar-refractivity contribution >= 4 is 5.69 Å². The van der Waals surface area contributed by atoms with Crippen LogP contribution in [0.4, 0.5) is 5.69 Å². The largest absolute Gasteiger partial charge is 0.495 e. The predicted octanol–water partition coefficient (Wildman–Crippen LogP) is -2.05. The fourth-order valence-corrected chi connectivity index (χ4v) is 2.85. The Morgan fingerprint density at radius 1 is 1.35 bits per heavy atom. The van der Waals surface area contributed by atoms with Gasteiger partial charge in [-0.15, -0.1) is 0 Å². The summed E-state index contributed by atoms with van der Waals surface area (Å²) >= 11 is 0. The molecule has 0 radical (unpaired) electrons. The lowest BCUT2D eigenvalue weighted by Gasteiger charge is -2.34. The number of nitrogens with zero attached hydrogens (tertiary/aromatic N) is 1. The second-order valence-electron chi connectivity index (χ2n) is 5.41. The van der Waals surface area contributed by atoms with Crippen LogP contribution in [0.15, 0.2) is 24.3 Å². The van der Waals surface area contributed by atoms with Crippen LogP contribution in [0.5, 0.6) is 5.75 Å². The molecule has 5 nitrogen and oxygen atoms in total. The number of ether oxygens (including phenoxy) is 1. The van der Waals surface area contributed by atoms with Gasteiger partial charge in [0.15, 0.2) is 6.10 Å². The molecule has 0 aliphatic carbocycles. The van der Waals surface area contributed by atoms with E-state index in [-0.39, 0.29) is 6.10 Å². The van der Waals surface area contributed by atoms with E-state index in [9.17, 15) is 5.11 Å². The molecule has 112 valence electrons. The second kappa shape index (κ2) is 7.47. The van der Waals surface area contributed by atoms with E-state index in [1.807, 2.05) is 24.5 Å². The Kier molecular flexibility index (Phi) is 5.64. The minimum atomic E-state index is -0.201. The number of aliphatic hydroxyl groups excluding tert-OH is 1. The first-order valence-corrected chi connectivity index (χ1v) is 7.42. The van der Waals surface area contributed by atoms with Crippen molar-refractivity contribution in [2.24, 2.45) is 0 Å². The third-order valence-corrected chi connectivity index (χ3v) is 3.93. The molecular weight excluding hydrogens is 254 g/mol. The monoisotopic (exact) mass is 281 g/mol. The van der Waals surface area contributed by atoms with E-state index in [2.05, 4.69) is 17.0 Å². The van der Waals surface area contributed by atoms with Crippen LogP contribution >= 0.6 is 0 Å². The minimum absolute atomic E-state index is 0.201. The zero-order chi connectivity index (χ0) is 14.4. The van der Waals surface area contributed by atoms with Crippen LogP contribution in [0.25, 0.3) is 0 Å². The van der Waals surface area contributed by atoms with Crippen LogP contribution in [0.2, 0.25) is 0 Å². The number of likely N-dealkylation sites (N-methyl/N-ethyl adjacent to an activating group) is 1. The Bertz CT molecular complexity index is 406. The zero-order valence-electron chi connectivity index (χ0n) is 12.5. The highest BCUT2D eigenvalue weighted by Crippen LogP contribution is 2.27. The molecule has 20 heavy (non-hydrogen) atoms. The number of methoxy groups -OCH3 is 1. The fourth-order valence-electron chi connectivity index (χ4n) is 2.85. The average Bonchev–Trinajstić information content (AvgIpc) is 2.48. The van der Waals surface area contributed by atoms with Crippen LogP contribution in [0.1, 0.15) is 0 Å². The number of hydrogen-bond acceptors (Lipinski definition) is 3. The summed E-state index contributed by atoms with van der Waals surface area (Å²) < 4.78 is 5.43. The fraction of sp³-hybridized carbons (Fsp3) is 0.600. The third-order valence-electron chi connectivity index (χ3n) is 3.93. The van der Waals surface area contributed by atoms with Gasteiger partial charge >= 0.3 is 0 Å². The molecule has 4 N–H and O–H groups in total. The van der Waals surface area contributed by atoms with E-state index in [4.69, 9.17) is 4.74 Å². The van der Waals surface area contributed by atoms with Crippen LogP contribution < -0.4 is 19.9 Å². The number of nitrogens with one attached hydrogen (secondary N) is 1. The topological polar surface area (TPSA) is 53.8 Å². The van der Waals surface area contributed by atoms with Gasteiger partial charge in [-0.05, 0) is 12.1 Å². The van der Waals surface area contributed by atoms with Gasteiger partial charge in [0.2, 0.25) is 0 Å². The first-order chi connectivity index (χ1) is 9.74. The van der Waals surface area contributed by atoms with Crippen molar-refractivity contribution in [3.63, 3.8) is 0 Å². The number of aliphatic hydroxyl groups is 1. The smallest absolute Gasteiger partial charge is 0.151 e.